The monoisotopic (exact) mass is 549 g/mol. The van der Waals surface area contributed by atoms with Crippen molar-refractivity contribution in [3.63, 3.8) is 0 Å². The second kappa shape index (κ2) is 9.85. The van der Waals surface area contributed by atoms with Crippen molar-refractivity contribution >= 4 is 38.7 Å². The van der Waals surface area contributed by atoms with E-state index in [0.717, 1.165) is 45.8 Å². The highest BCUT2D eigenvalue weighted by Crippen LogP contribution is 2.44. The lowest BCUT2D eigenvalue weighted by molar-refractivity contribution is 0.565. The fraction of sp³-hybridized carbons (Fsp3) is 0.214. The number of thiocarbonyl (C=S) groups is 1. The molecule has 0 radical (unpaired) electrons. The van der Waals surface area contributed by atoms with E-state index in [1.54, 1.807) is 24.4 Å². The van der Waals surface area contributed by atoms with E-state index in [-0.39, 0.29) is 17.9 Å². The SMILES string of the molecule is Cc1cc(N2C(=S)NC(c3ccccn3)C2c2cc(C)n(-c3ccc(F)cc3)c2C)ccc1NS(C)(=O)=O. The van der Waals surface area contributed by atoms with E-state index in [2.05, 4.69) is 30.6 Å². The lowest BCUT2D eigenvalue weighted by Gasteiger charge is -2.29. The van der Waals surface area contributed by atoms with Crippen molar-refractivity contribution in [1.82, 2.24) is 14.9 Å². The zero-order chi connectivity index (χ0) is 27.2. The molecular formula is C28H28FN5O2S2. The molecule has 196 valence electrons. The highest BCUT2D eigenvalue weighted by Gasteiger charge is 2.42. The van der Waals surface area contributed by atoms with Crippen molar-refractivity contribution in [2.75, 3.05) is 15.9 Å². The quantitative estimate of drug-likeness (QED) is 0.310. The van der Waals surface area contributed by atoms with Gasteiger partial charge in [0.15, 0.2) is 5.11 Å². The molecule has 2 aromatic carbocycles. The van der Waals surface area contributed by atoms with Crippen LogP contribution in [0.4, 0.5) is 15.8 Å². The Bertz CT molecular complexity index is 1620. The summed E-state index contributed by atoms with van der Waals surface area (Å²) in [5, 5.41) is 4.01. The molecule has 2 atom stereocenters. The standard InChI is InChI=1S/C28H28FN5O2S2/c1-17-15-22(12-13-24(17)32-38(4,35)36)34-27(26(31-28(34)37)25-7-5-6-14-30-25)23-16-18(2)33(19(23)3)21-10-8-20(29)9-11-21/h5-16,26-27,32H,1-4H3,(H,31,37). The molecule has 2 N–H and O–H groups in total. The molecule has 2 unspecified atom stereocenters. The Labute approximate surface area is 227 Å². The Morgan fingerprint density at radius 2 is 1.71 bits per heavy atom. The van der Waals surface area contributed by atoms with Crippen LogP contribution in [0.1, 0.15) is 40.3 Å². The average molecular weight is 550 g/mol. The van der Waals surface area contributed by atoms with Gasteiger partial charge < -0.3 is 14.8 Å². The number of halogens is 1. The van der Waals surface area contributed by atoms with Gasteiger partial charge in [0.2, 0.25) is 10.0 Å². The molecule has 1 aliphatic rings. The van der Waals surface area contributed by atoms with Crippen molar-refractivity contribution in [1.29, 1.82) is 0 Å². The molecule has 0 bridgehead atoms. The molecule has 0 amide bonds. The molecule has 1 saturated heterocycles. The molecule has 7 nitrogen and oxygen atoms in total. The molecule has 38 heavy (non-hydrogen) atoms. The minimum Gasteiger partial charge on any atom is -0.351 e. The normalized spacial score (nSPS) is 17.5. The maximum Gasteiger partial charge on any atom is 0.229 e. The van der Waals surface area contributed by atoms with Gasteiger partial charge in [-0.3, -0.25) is 9.71 Å². The van der Waals surface area contributed by atoms with Crippen LogP contribution in [-0.2, 0) is 10.0 Å². The van der Waals surface area contributed by atoms with Crippen LogP contribution in [0, 0.1) is 26.6 Å². The van der Waals surface area contributed by atoms with Crippen LogP contribution in [-0.4, -0.2) is 29.3 Å². The van der Waals surface area contributed by atoms with Gasteiger partial charge in [-0.1, -0.05) is 6.07 Å². The number of hydrogen-bond donors (Lipinski definition) is 2. The first kappa shape index (κ1) is 25.9. The molecule has 1 fully saturated rings. The van der Waals surface area contributed by atoms with E-state index in [1.165, 1.54) is 12.1 Å². The first-order chi connectivity index (χ1) is 18.0. The van der Waals surface area contributed by atoms with Gasteiger partial charge in [-0.25, -0.2) is 12.8 Å². The van der Waals surface area contributed by atoms with E-state index in [0.29, 0.717) is 10.8 Å². The molecule has 5 rings (SSSR count). The van der Waals surface area contributed by atoms with Gasteiger partial charge in [-0.15, -0.1) is 0 Å². The van der Waals surface area contributed by atoms with Crippen molar-refractivity contribution in [2.45, 2.75) is 32.9 Å². The van der Waals surface area contributed by atoms with E-state index >= 15 is 0 Å². The topological polar surface area (TPSA) is 79.3 Å². The van der Waals surface area contributed by atoms with Crippen LogP contribution in [0.3, 0.4) is 0 Å². The van der Waals surface area contributed by atoms with Crippen LogP contribution in [0.2, 0.25) is 0 Å². The Hall–Kier alpha value is -3.76. The number of benzene rings is 2. The fourth-order valence-electron chi connectivity index (χ4n) is 5.14. The first-order valence-corrected chi connectivity index (χ1v) is 14.4. The number of aryl methyl sites for hydroxylation is 2. The molecule has 4 aromatic rings. The summed E-state index contributed by atoms with van der Waals surface area (Å²) in [5.74, 6) is -0.285. The number of sulfonamides is 1. The van der Waals surface area contributed by atoms with Crippen molar-refractivity contribution in [3.8, 4) is 5.69 Å². The molecule has 0 saturated carbocycles. The fourth-order valence-corrected chi connectivity index (χ4v) is 6.11. The second-order valence-corrected chi connectivity index (χ2v) is 11.6. The van der Waals surface area contributed by atoms with E-state index in [1.807, 2.05) is 51.1 Å². The predicted octanol–water partition coefficient (Wildman–Crippen LogP) is 5.49. The summed E-state index contributed by atoms with van der Waals surface area (Å²) >= 11 is 5.86. The highest BCUT2D eigenvalue weighted by atomic mass is 32.2. The van der Waals surface area contributed by atoms with Crippen LogP contribution in [0.15, 0.2) is 72.9 Å². The summed E-state index contributed by atoms with van der Waals surface area (Å²) in [6.07, 6.45) is 2.89. The average Bonchev–Trinajstić information content (AvgIpc) is 3.36. The first-order valence-electron chi connectivity index (χ1n) is 12.1. The van der Waals surface area contributed by atoms with Crippen molar-refractivity contribution in [2.24, 2.45) is 0 Å². The summed E-state index contributed by atoms with van der Waals surface area (Å²) in [7, 11) is -3.41. The molecule has 1 aliphatic heterocycles. The van der Waals surface area contributed by atoms with Crippen LogP contribution < -0.4 is 14.9 Å². The number of pyridine rings is 1. The number of nitrogens with one attached hydrogen (secondary N) is 2. The van der Waals surface area contributed by atoms with E-state index in [9.17, 15) is 12.8 Å². The van der Waals surface area contributed by atoms with E-state index < -0.39 is 10.0 Å². The Morgan fingerprint density at radius 3 is 2.34 bits per heavy atom. The van der Waals surface area contributed by atoms with Gasteiger partial charge in [-0.05, 0) is 105 Å². The summed E-state index contributed by atoms with van der Waals surface area (Å²) in [4.78, 5) is 6.68. The molecule has 2 aromatic heterocycles. The van der Waals surface area contributed by atoms with Crippen LogP contribution >= 0.6 is 12.2 Å². The van der Waals surface area contributed by atoms with Crippen molar-refractivity contribution < 1.29 is 12.8 Å². The number of rotatable bonds is 6. The number of nitrogens with zero attached hydrogens (tertiary/aromatic N) is 3. The maximum absolute atomic E-state index is 13.6. The third-order valence-corrected chi connectivity index (χ3v) is 7.66. The number of aromatic nitrogens is 2. The molecule has 10 heteroatoms. The maximum atomic E-state index is 13.6. The molecular weight excluding hydrogens is 521 g/mol. The summed E-state index contributed by atoms with van der Waals surface area (Å²) in [5.41, 5.74) is 6.89. The smallest absolute Gasteiger partial charge is 0.229 e. The second-order valence-electron chi connectivity index (χ2n) is 9.51. The highest BCUT2D eigenvalue weighted by molar-refractivity contribution is 7.92. The third kappa shape index (κ3) is 4.89. The minimum atomic E-state index is -3.41. The van der Waals surface area contributed by atoms with Crippen molar-refractivity contribution in [3.05, 3.63) is 107 Å². The van der Waals surface area contributed by atoms with E-state index in [4.69, 9.17) is 12.2 Å². The zero-order valence-electron chi connectivity index (χ0n) is 21.4. The number of anilines is 2. The minimum absolute atomic E-state index is 0.236. The van der Waals surface area contributed by atoms with Crippen LogP contribution in [0.5, 0.6) is 0 Å². The largest absolute Gasteiger partial charge is 0.351 e. The van der Waals surface area contributed by atoms with Crippen LogP contribution in [0.25, 0.3) is 5.69 Å². The predicted molar refractivity (Wildman–Crippen MR) is 153 cm³/mol. The third-order valence-electron chi connectivity index (χ3n) is 6.76. The lowest BCUT2D eigenvalue weighted by Crippen LogP contribution is -2.29. The van der Waals surface area contributed by atoms with Gasteiger partial charge >= 0.3 is 0 Å². The van der Waals surface area contributed by atoms with Gasteiger partial charge in [0, 0.05) is 29.0 Å². The van der Waals surface area contributed by atoms with Gasteiger partial charge in [0.25, 0.3) is 0 Å². The Balaban J connectivity index is 1.65. The van der Waals surface area contributed by atoms with Gasteiger partial charge in [-0.2, -0.15) is 0 Å². The molecule has 3 heterocycles. The summed E-state index contributed by atoms with van der Waals surface area (Å²) in [6.45, 7) is 5.93. The molecule has 0 aliphatic carbocycles. The van der Waals surface area contributed by atoms with Gasteiger partial charge in [0.05, 0.1) is 29.7 Å². The zero-order valence-corrected chi connectivity index (χ0v) is 23.1. The summed E-state index contributed by atoms with van der Waals surface area (Å²) < 4.78 is 41.9. The van der Waals surface area contributed by atoms with Gasteiger partial charge in [0.1, 0.15) is 5.82 Å². The lowest BCUT2D eigenvalue weighted by atomic mass is 9.96. The Kier molecular flexibility index (Phi) is 6.70. The summed E-state index contributed by atoms with van der Waals surface area (Å²) in [6, 6.07) is 19.4. The number of hydrogen-bond acceptors (Lipinski definition) is 4. The Morgan fingerprint density at radius 1 is 1.00 bits per heavy atom. The molecule has 0 spiro atoms.